The van der Waals surface area contributed by atoms with Gasteiger partial charge in [0.25, 0.3) is 0 Å². The van der Waals surface area contributed by atoms with E-state index in [1.807, 2.05) is 0 Å². The molecule has 0 spiro atoms. The first-order valence-corrected chi connectivity index (χ1v) is 3.85. The average Bonchev–Trinajstić information content (AvgIpc) is 2.47. The fourth-order valence-corrected chi connectivity index (χ4v) is 1.07. The Kier molecular flexibility index (Phi) is 2.89. The largest absolute Gasteiger partial charge is 0.457 e. The van der Waals surface area contributed by atoms with Crippen molar-refractivity contribution < 1.29 is 19.1 Å². The first kappa shape index (κ1) is 9.57. The van der Waals surface area contributed by atoms with Gasteiger partial charge in [0, 0.05) is 6.42 Å². The Morgan fingerprint density at radius 3 is 3.00 bits per heavy atom. The molecular weight excluding hydrogens is 174 g/mol. The van der Waals surface area contributed by atoms with Crippen molar-refractivity contribution >= 4 is 12.1 Å². The lowest BCUT2D eigenvalue weighted by molar-refractivity contribution is -0.141. The Bertz CT molecular complexity index is 238. The first-order valence-electron chi connectivity index (χ1n) is 3.85. The van der Waals surface area contributed by atoms with Gasteiger partial charge in [-0.1, -0.05) is 12.7 Å². The molecule has 1 saturated heterocycles. The zero-order chi connectivity index (χ0) is 9.84. The van der Waals surface area contributed by atoms with Crippen molar-refractivity contribution in [3.05, 3.63) is 12.7 Å². The minimum absolute atomic E-state index is 0.311. The highest BCUT2D eigenvalue weighted by atomic mass is 16.6. The summed E-state index contributed by atoms with van der Waals surface area (Å²) in [7, 11) is 1.24. The van der Waals surface area contributed by atoms with Gasteiger partial charge in [0.05, 0.1) is 7.11 Å². The third-order valence-corrected chi connectivity index (χ3v) is 1.76. The lowest BCUT2D eigenvalue weighted by atomic mass is 10.2. The van der Waals surface area contributed by atoms with E-state index in [1.54, 1.807) is 0 Å². The molecule has 13 heavy (non-hydrogen) atoms. The third-order valence-electron chi connectivity index (χ3n) is 1.76. The number of nitrogens with one attached hydrogen (secondary N) is 1. The standard InChI is InChI=1S/C8H11NO4/c1-3-5-4-6(7(10)13-5)9-8(11)12-2/h3,5-6H,1,4H2,2H3,(H,9,11)/t5-,6-/m0/s1. The van der Waals surface area contributed by atoms with E-state index in [1.165, 1.54) is 13.2 Å². The van der Waals surface area contributed by atoms with Crippen LogP contribution in [0.25, 0.3) is 0 Å². The molecular formula is C8H11NO4. The number of cyclic esters (lactones) is 1. The number of ether oxygens (including phenoxy) is 2. The normalized spacial score (nSPS) is 26.4. The number of amides is 1. The van der Waals surface area contributed by atoms with Crippen LogP contribution in [-0.2, 0) is 14.3 Å². The molecule has 2 atom stereocenters. The minimum atomic E-state index is -0.633. The second-order valence-electron chi connectivity index (χ2n) is 2.64. The Labute approximate surface area is 75.7 Å². The molecule has 1 N–H and O–H groups in total. The highest BCUT2D eigenvalue weighted by Crippen LogP contribution is 2.15. The predicted molar refractivity (Wildman–Crippen MR) is 44.0 cm³/mol. The van der Waals surface area contributed by atoms with Crippen molar-refractivity contribution in [2.24, 2.45) is 0 Å². The molecule has 0 aliphatic carbocycles. The number of carbonyl (C=O) groups is 2. The van der Waals surface area contributed by atoms with Crippen molar-refractivity contribution in [3.8, 4) is 0 Å². The summed E-state index contributed by atoms with van der Waals surface area (Å²) in [6.07, 6.45) is 0.996. The molecule has 1 amide bonds. The Morgan fingerprint density at radius 2 is 2.54 bits per heavy atom. The Balaban J connectivity index is 2.48. The van der Waals surface area contributed by atoms with Gasteiger partial charge in [-0.2, -0.15) is 0 Å². The molecule has 1 fully saturated rings. The predicted octanol–water partition coefficient (Wildman–Crippen LogP) is 0.212. The van der Waals surface area contributed by atoms with E-state index in [2.05, 4.69) is 16.6 Å². The molecule has 5 nitrogen and oxygen atoms in total. The van der Waals surface area contributed by atoms with Crippen LogP contribution in [0.4, 0.5) is 4.79 Å². The molecule has 1 rings (SSSR count). The molecule has 72 valence electrons. The SMILES string of the molecule is C=C[C@H]1C[C@H](NC(=O)OC)C(=O)O1. The Hall–Kier alpha value is -1.52. The summed E-state index contributed by atoms with van der Waals surface area (Å²) in [5.41, 5.74) is 0. The summed E-state index contributed by atoms with van der Waals surface area (Å²) < 4.78 is 9.19. The van der Waals surface area contributed by atoms with Crippen molar-refractivity contribution in [2.45, 2.75) is 18.6 Å². The van der Waals surface area contributed by atoms with Gasteiger partial charge in [-0.15, -0.1) is 0 Å². The number of alkyl carbamates (subject to hydrolysis) is 1. The van der Waals surface area contributed by atoms with Gasteiger partial charge < -0.3 is 14.8 Å². The number of esters is 1. The van der Waals surface area contributed by atoms with E-state index in [4.69, 9.17) is 4.74 Å². The fourth-order valence-electron chi connectivity index (χ4n) is 1.07. The van der Waals surface area contributed by atoms with Gasteiger partial charge in [-0.25, -0.2) is 9.59 Å². The van der Waals surface area contributed by atoms with Crippen LogP contribution in [0.3, 0.4) is 0 Å². The smallest absolute Gasteiger partial charge is 0.407 e. The summed E-state index contributed by atoms with van der Waals surface area (Å²) >= 11 is 0. The summed E-state index contributed by atoms with van der Waals surface area (Å²) in [4.78, 5) is 21.8. The van der Waals surface area contributed by atoms with Gasteiger partial charge in [0.2, 0.25) is 0 Å². The molecule has 0 aromatic rings. The monoisotopic (exact) mass is 185 g/mol. The molecule has 1 heterocycles. The number of hydrogen-bond acceptors (Lipinski definition) is 4. The van der Waals surface area contributed by atoms with Crippen molar-refractivity contribution in [1.82, 2.24) is 5.32 Å². The van der Waals surface area contributed by atoms with E-state index < -0.39 is 18.1 Å². The third kappa shape index (κ3) is 2.21. The maximum Gasteiger partial charge on any atom is 0.407 e. The number of methoxy groups -OCH3 is 1. The second-order valence-corrected chi connectivity index (χ2v) is 2.64. The molecule has 1 aliphatic rings. The van der Waals surface area contributed by atoms with Crippen LogP contribution in [0, 0.1) is 0 Å². The highest BCUT2D eigenvalue weighted by molar-refractivity contribution is 5.83. The van der Waals surface area contributed by atoms with E-state index in [-0.39, 0.29) is 6.10 Å². The van der Waals surface area contributed by atoms with Crippen LogP contribution in [0.5, 0.6) is 0 Å². The van der Waals surface area contributed by atoms with Gasteiger partial charge in [-0.05, 0) is 0 Å². The van der Waals surface area contributed by atoms with Crippen LogP contribution < -0.4 is 5.32 Å². The van der Waals surface area contributed by atoms with Crippen LogP contribution in [-0.4, -0.2) is 31.3 Å². The highest BCUT2D eigenvalue weighted by Gasteiger charge is 2.33. The molecule has 0 radical (unpaired) electrons. The van der Waals surface area contributed by atoms with E-state index in [0.29, 0.717) is 6.42 Å². The topological polar surface area (TPSA) is 64.6 Å². The number of hydrogen-bond donors (Lipinski definition) is 1. The van der Waals surface area contributed by atoms with E-state index in [0.717, 1.165) is 0 Å². The Morgan fingerprint density at radius 1 is 1.85 bits per heavy atom. The summed E-state index contributed by atoms with van der Waals surface area (Å²) in [6, 6.07) is -0.615. The lowest BCUT2D eigenvalue weighted by Gasteiger charge is -2.05. The van der Waals surface area contributed by atoms with Gasteiger partial charge in [-0.3, -0.25) is 0 Å². The summed E-state index contributed by atoms with van der Waals surface area (Å²) in [5.74, 6) is -0.449. The lowest BCUT2D eigenvalue weighted by Crippen LogP contribution is -2.37. The quantitative estimate of drug-likeness (QED) is 0.493. The molecule has 0 bridgehead atoms. The zero-order valence-corrected chi connectivity index (χ0v) is 7.28. The van der Waals surface area contributed by atoms with Gasteiger partial charge in [0.15, 0.2) is 0 Å². The van der Waals surface area contributed by atoms with Gasteiger partial charge >= 0.3 is 12.1 Å². The van der Waals surface area contributed by atoms with E-state index >= 15 is 0 Å². The van der Waals surface area contributed by atoms with Crippen molar-refractivity contribution in [1.29, 1.82) is 0 Å². The van der Waals surface area contributed by atoms with Gasteiger partial charge in [0.1, 0.15) is 12.1 Å². The zero-order valence-electron chi connectivity index (χ0n) is 7.28. The molecule has 5 heteroatoms. The average molecular weight is 185 g/mol. The summed E-state index contributed by atoms with van der Waals surface area (Å²) in [5, 5.41) is 2.36. The second kappa shape index (κ2) is 3.93. The molecule has 1 aliphatic heterocycles. The molecule has 0 aromatic carbocycles. The van der Waals surface area contributed by atoms with Crippen molar-refractivity contribution in [3.63, 3.8) is 0 Å². The van der Waals surface area contributed by atoms with Crippen molar-refractivity contribution in [2.75, 3.05) is 7.11 Å². The molecule has 0 aromatic heterocycles. The number of rotatable bonds is 2. The van der Waals surface area contributed by atoms with E-state index in [9.17, 15) is 9.59 Å². The maximum absolute atomic E-state index is 11.1. The minimum Gasteiger partial charge on any atom is -0.457 e. The van der Waals surface area contributed by atoms with Crippen LogP contribution >= 0.6 is 0 Å². The fraction of sp³-hybridized carbons (Fsp3) is 0.500. The first-order chi connectivity index (χ1) is 6.17. The summed E-state index contributed by atoms with van der Waals surface area (Å²) in [6.45, 7) is 3.49. The molecule has 0 unspecified atom stereocenters. The van der Waals surface area contributed by atoms with Crippen LogP contribution in [0.1, 0.15) is 6.42 Å². The number of carbonyl (C=O) groups excluding carboxylic acids is 2. The van der Waals surface area contributed by atoms with Crippen LogP contribution in [0.2, 0.25) is 0 Å². The van der Waals surface area contributed by atoms with Crippen LogP contribution in [0.15, 0.2) is 12.7 Å². The molecule has 0 saturated carbocycles. The maximum atomic E-state index is 11.1.